The molecule has 8 nitrogen and oxygen atoms in total. The third-order valence-corrected chi connectivity index (χ3v) is 6.50. The van der Waals surface area contributed by atoms with Crippen LogP contribution in [0.5, 0.6) is 0 Å². The first-order valence-electron chi connectivity index (χ1n) is 12.0. The Hall–Kier alpha value is -2.82. The zero-order valence-corrected chi connectivity index (χ0v) is 21.2. The van der Waals surface area contributed by atoms with E-state index in [0.29, 0.717) is 25.3 Å². The molecule has 3 amide bonds. The molecule has 4 N–H and O–H groups in total. The van der Waals surface area contributed by atoms with E-state index in [1.54, 1.807) is 20.8 Å². The highest BCUT2D eigenvalue weighted by Crippen LogP contribution is 2.35. The number of hydrogen-bond acceptors (Lipinski definition) is 4. The quantitative estimate of drug-likeness (QED) is 0.440. The Morgan fingerprint density at radius 3 is 2.31 bits per heavy atom. The van der Waals surface area contributed by atoms with E-state index in [0.717, 1.165) is 12.1 Å². The van der Waals surface area contributed by atoms with E-state index in [2.05, 4.69) is 10.6 Å². The summed E-state index contributed by atoms with van der Waals surface area (Å²) in [6.07, 6.45) is -5.19. The van der Waals surface area contributed by atoms with Crippen molar-refractivity contribution in [1.29, 1.82) is 0 Å². The molecule has 1 aliphatic carbocycles. The Balaban J connectivity index is 2.07. The Morgan fingerprint density at radius 2 is 1.78 bits per heavy atom. The van der Waals surface area contributed by atoms with Crippen LogP contribution in [-0.2, 0) is 11.0 Å². The van der Waals surface area contributed by atoms with Crippen LogP contribution in [0.2, 0.25) is 0 Å². The molecule has 0 spiro atoms. The first kappa shape index (κ1) is 29.4. The minimum Gasteiger partial charge on any atom is -0.465 e. The maximum atomic E-state index is 12.9. The van der Waals surface area contributed by atoms with E-state index in [-0.39, 0.29) is 17.5 Å². The first-order chi connectivity index (χ1) is 16.5. The molecule has 1 aromatic carbocycles. The molecular weight excluding hydrogens is 479 g/mol. The molecule has 1 saturated carbocycles. The van der Waals surface area contributed by atoms with E-state index in [9.17, 15) is 37.8 Å². The van der Waals surface area contributed by atoms with Gasteiger partial charge in [-0.3, -0.25) is 9.59 Å². The number of alkyl halides is 3. The van der Waals surface area contributed by atoms with Gasteiger partial charge in [0.1, 0.15) is 0 Å². The van der Waals surface area contributed by atoms with Crippen LogP contribution in [0.25, 0.3) is 0 Å². The van der Waals surface area contributed by atoms with Gasteiger partial charge in [0.15, 0.2) is 0 Å². The van der Waals surface area contributed by atoms with Crippen LogP contribution in [0.4, 0.5) is 18.0 Å². The molecule has 0 aromatic heterocycles. The van der Waals surface area contributed by atoms with Gasteiger partial charge in [-0.25, -0.2) is 4.79 Å². The number of carbonyl (C=O) groups is 3. The molecule has 0 bridgehead atoms. The summed E-state index contributed by atoms with van der Waals surface area (Å²) in [6.45, 7) is 8.62. The van der Waals surface area contributed by atoms with Crippen LogP contribution in [0.1, 0.15) is 69.8 Å². The lowest BCUT2D eigenvalue weighted by Gasteiger charge is -2.47. The van der Waals surface area contributed by atoms with Crippen molar-refractivity contribution in [2.24, 2.45) is 11.8 Å². The lowest BCUT2D eigenvalue weighted by atomic mass is 9.74. The third-order valence-electron chi connectivity index (χ3n) is 6.50. The van der Waals surface area contributed by atoms with Crippen LogP contribution >= 0.6 is 0 Å². The van der Waals surface area contributed by atoms with Gasteiger partial charge in [-0.15, -0.1) is 0 Å². The van der Waals surface area contributed by atoms with Crippen molar-refractivity contribution < 1.29 is 37.8 Å². The van der Waals surface area contributed by atoms with E-state index in [4.69, 9.17) is 0 Å². The molecule has 0 radical (unpaired) electrons. The number of aliphatic hydroxyl groups is 1. The fourth-order valence-electron chi connectivity index (χ4n) is 4.82. The van der Waals surface area contributed by atoms with Crippen LogP contribution in [-0.4, -0.2) is 63.3 Å². The van der Waals surface area contributed by atoms with Gasteiger partial charge < -0.3 is 25.7 Å². The van der Waals surface area contributed by atoms with Gasteiger partial charge >= 0.3 is 12.3 Å². The standard InChI is InChI=1S/C25H36F3N3O5/c1-14(2)21(33)18-12-17(31(23(35)36)24(3,4)5)9-10-19(18)30-20(32)13-29-22(34)15-7-6-8-16(11-15)25(26,27)28/h6-8,11,14,17-19,21,33H,9-10,12-13H2,1-5H3,(H,29,34)(H,30,32)(H,35,36)/t17?,18-,19+,21+/m1/s1. The SMILES string of the molecule is CC(C)[C@H](O)[C@@H]1CC(N(C(=O)O)C(C)(C)C)CC[C@@H]1NC(=O)CNC(=O)c1cccc(C(F)(F)F)c1. The molecule has 1 unspecified atom stereocenters. The second kappa shape index (κ2) is 11.5. The fourth-order valence-corrected chi connectivity index (χ4v) is 4.82. The minimum atomic E-state index is -4.60. The number of rotatable bonds is 7. The fraction of sp³-hybridized carbons (Fsp3) is 0.640. The number of benzene rings is 1. The smallest absolute Gasteiger partial charge is 0.416 e. The van der Waals surface area contributed by atoms with Crippen LogP contribution in [0.3, 0.4) is 0 Å². The molecule has 202 valence electrons. The number of amides is 3. The normalized spacial score (nSPS) is 21.6. The lowest BCUT2D eigenvalue weighted by molar-refractivity contribution is -0.137. The molecule has 36 heavy (non-hydrogen) atoms. The average Bonchev–Trinajstić information content (AvgIpc) is 2.76. The van der Waals surface area contributed by atoms with E-state index >= 15 is 0 Å². The molecular formula is C25H36F3N3O5. The number of aliphatic hydroxyl groups excluding tert-OH is 1. The number of carboxylic acid groups (broad SMARTS) is 1. The maximum absolute atomic E-state index is 12.9. The Bertz CT molecular complexity index is 946. The summed E-state index contributed by atoms with van der Waals surface area (Å²) < 4.78 is 38.7. The summed E-state index contributed by atoms with van der Waals surface area (Å²) in [5, 5.41) is 25.8. The predicted octanol–water partition coefficient (Wildman–Crippen LogP) is 3.88. The molecule has 4 atom stereocenters. The largest absolute Gasteiger partial charge is 0.465 e. The maximum Gasteiger partial charge on any atom is 0.416 e. The van der Waals surface area contributed by atoms with Crippen molar-refractivity contribution in [2.75, 3.05) is 6.54 Å². The van der Waals surface area contributed by atoms with Crippen LogP contribution < -0.4 is 10.6 Å². The Kier molecular flexibility index (Phi) is 9.39. The summed E-state index contributed by atoms with van der Waals surface area (Å²) in [5.41, 5.74) is -1.83. The summed E-state index contributed by atoms with van der Waals surface area (Å²) >= 11 is 0. The van der Waals surface area contributed by atoms with Gasteiger partial charge in [-0.05, 0) is 64.2 Å². The Labute approximate surface area is 209 Å². The highest BCUT2D eigenvalue weighted by molar-refractivity contribution is 5.96. The highest BCUT2D eigenvalue weighted by Gasteiger charge is 2.42. The molecule has 0 heterocycles. The second-order valence-corrected chi connectivity index (χ2v) is 10.6. The van der Waals surface area contributed by atoms with Crippen molar-refractivity contribution >= 4 is 17.9 Å². The zero-order chi connectivity index (χ0) is 27.4. The molecule has 0 saturated heterocycles. The number of nitrogens with zero attached hydrogens (tertiary/aromatic N) is 1. The van der Waals surface area contributed by atoms with Gasteiger partial charge in [0.2, 0.25) is 5.91 Å². The van der Waals surface area contributed by atoms with Gasteiger partial charge in [-0.1, -0.05) is 19.9 Å². The van der Waals surface area contributed by atoms with Crippen LogP contribution in [0.15, 0.2) is 24.3 Å². The van der Waals surface area contributed by atoms with Crippen molar-refractivity contribution in [2.45, 2.75) is 83.8 Å². The Morgan fingerprint density at radius 1 is 1.14 bits per heavy atom. The van der Waals surface area contributed by atoms with Gasteiger partial charge in [-0.2, -0.15) is 13.2 Å². The summed E-state index contributed by atoms with van der Waals surface area (Å²) in [6, 6.07) is 3.12. The van der Waals surface area contributed by atoms with Crippen molar-refractivity contribution in [3.63, 3.8) is 0 Å². The topological polar surface area (TPSA) is 119 Å². The molecule has 1 fully saturated rings. The molecule has 1 aliphatic rings. The van der Waals surface area contributed by atoms with E-state index < -0.39 is 59.8 Å². The van der Waals surface area contributed by atoms with E-state index in [1.165, 1.54) is 11.0 Å². The summed E-state index contributed by atoms with van der Waals surface area (Å²) in [4.78, 5) is 38.2. The lowest BCUT2D eigenvalue weighted by Crippen LogP contribution is -2.58. The number of carbonyl (C=O) groups excluding carboxylic acids is 2. The minimum absolute atomic E-state index is 0.137. The first-order valence-corrected chi connectivity index (χ1v) is 12.0. The number of halogens is 3. The second-order valence-electron chi connectivity index (χ2n) is 10.6. The number of hydrogen-bond donors (Lipinski definition) is 4. The summed E-state index contributed by atoms with van der Waals surface area (Å²) in [7, 11) is 0. The van der Waals surface area contributed by atoms with E-state index in [1.807, 2.05) is 13.8 Å². The molecule has 0 aliphatic heterocycles. The highest BCUT2D eigenvalue weighted by atomic mass is 19.4. The molecule has 11 heteroatoms. The van der Waals surface area contributed by atoms with Crippen molar-refractivity contribution in [3.05, 3.63) is 35.4 Å². The van der Waals surface area contributed by atoms with Gasteiger partial charge in [0, 0.05) is 29.1 Å². The molecule has 2 rings (SSSR count). The number of nitrogens with one attached hydrogen (secondary N) is 2. The third kappa shape index (κ3) is 7.59. The van der Waals surface area contributed by atoms with Gasteiger partial charge in [0.05, 0.1) is 18.2 Å². The van der Waals surface area contributed by atoms with Gasteiger partial charge in [0.25, 0.3) is 5.91 Å². The zero-order valence-electron chi connectivity index (χ0n) is 21.2. The van der Waals surface area contributed by atoms with Crippen LogP contribution in [0, 0.1) is 11.8 Å². The molecule has 1 aromatic rings. The monoisotopic (exact) mass is 515 g/mol. The van der Waals surface area contributed by atoms with Crippen molar-refractivity contribution in [3.8, 4) is 0 Å². The summed E-state index contributed by atoms with van der Waals surface area (Å²) in [5.74, 6) is -1.93. The predicted molar refractivity (Wildman–Crippen MR) is 127 cm³/mol. The van der Waals surface area contributed by atoms with Crippen molar-refractivity contribution in [1.82, 2.24) is 15.5 Å². The average molecular weight is 516 g/mol.